The van der Waals surface area contributed by atoms with Gasteiger partial charge in [-0.05, 0) is 33.9 Å². The van der Waals surface area contributed by atoms with Gasteiger partial charge >= 0.3 is 12.1 Å². The standard InChI is InChI=1S/C26H23NO6/c28-23(24(29)15-9-10-16-13-32-25(30)21(16)11-15)12-27-26(31)33-14-22-19-7-3-1-5-17(19)18-6-2-4-8-20(18)22/h1-11,22-24,28-29H,12-14H2,(H,27,31). The van der Waals surface area contributed by atoms with Gasteiger partial charge in [-0.1, -0.05) is 60.7 Å². The molecule has 0 fully saturated rings. The molecule has 7 heteroatoms. The predicted molar refractivity (Wildman–Crippen MR) is 120 cm³/mol. The van der Waals surface area contributed by atoms with Crippen LogP contribution in [0.25, 0.3) is 11.1 Å². The number of hydrogen-bond acceptors (Lipinski definition) is 6. The van der Waals surface area contributed by atoms with E-state index in [0.29, 0.717) is 11.1 Å². The van der Waals surface area contributed by atoms with Crippen molar-refractivity contribution in [2.75, 3.05) is 13.2 Å². The van der Waals surface area contributed by atoms with Crippen LogP contribution in [-0.2, 0) is 16.1 Å². The molecule has 7 nitrogen and oxygen atoms in total. The highest BCUT2D eigenvalue weighted by atomic mass is 16.5. The van der Waals surface area contributed by atoms with Gasteiger partial charge in [-0.15, -0.1) is 0 Å². The summed E-state index contributed by atoms with van der Waals surface area (Å²) in [6.45, 7) is 0.154. The molecular weight excluding hydrogens is 422 g/mol. The highest BCUT2D eigenvalue weighted by Crippen LogP contribution is 2.44. The van der Waals surface area contributed by atoms with Gasteiger partial charge in [0, 0.05) is 18.0 Å². The Balaban J connectivity index is 1.18. The molecule has 2 atom stereocenters. The molecule has 168 valence electrons. The number of rotatable bonds is 6. The molecule has 0 radical (unpaired) electrons. The van der Waals surface area contributed by atoms with E-state index in [1.165, 1.54) is 6.07 Å². The van der Waals surface area contributed by atoms with Crippen molar-refractivity contribution in [1.29, 1.82) is 0 Å². The zero-order valence-corrected chi connectivity index (χ0v) is 17.7. The van der Waals surface area contributed by atoms with Crippen molar-refractivity contribution in [3.8, 4) is 11.1 Å². The minimum Gasteiger partial charge on any atom is -0.457 e. The lowest BCUT2D eigenvalue weighted by Crippen LogP contribution is -2.36. The number of aliphatic hydroxyl groups is 2. The van der Waals surface area contributed by atoms with Crippen LogP contribution in [0.4, 0.5) is 4.79 Å². The summed E-state index contributed by atoms with van der Waals surface area (Å²) in [6, 6.07) is 20.9. The molecule has 1 aliphatic heterocycles. The van der Waals surface area contributed by atoms with E-state index < -0.39 is 24.3 Å². The quantitative estimate of drug-likeness (QED) is 0.503. The molecule has 1 aliphatic carbocycles. The van der Waals surface area contributed by atoms with Gasteiger partial charge in [0.25, 0.3) is 0 Å². The number of alkyl carbamates (subject to hydrolysis) is 1. The smallest absolute Gasteiger partial charge is 0.407 e. The number of fused-ring (bicyclic) bond motifs is 4. The van der Waals surface area contributed by atoms with Crippen LogP contribution in [0.1, 0.15) is 44.6 Å². The Morgan fingerprint density at radius 2 is 1.67 bits per heavy atom. The number of aliphatic hydroxyl groups excluding tert-OH is 2. The maximum Gasteiger partial charge on any atom is 0.407 e. The molecule has 33 heavy (non-hydrogen) atoms. The second-order valence-electron chi connectivity index (χ2n) is 8.21. The molecule has 0 saturated carbocycles. The van der Waals surface area contributed by atoms with Crippen LogP contribution in [0.5, 0.6) is 0 Å². The van der Waals surface area contributed by atoms with Gasteiger partial charge in [-0.3, -0.25) is 0 Å². The predicted octanol–water partition coefficient (Wildman–Crippen LogP) is 3.29. The number of benzene rings is 3. The molecule has 2 aliphatic rings. The first-order chi connectivity index (χ1) is 16.0. The van der Waals surface area contributed by atoms with E-state index in [-0.39, 0.29) is 25.7 Å². The zero-order chi connectivity index (χ0) is 22.9. The molecule has 0 spiro atoms. The lowest BCUT2D eigenvalue weighted by atomic mass is 9.98. The topological polar surface area (TPSA) is 105 Å². The van der Waals surface area contributed by atoms with Crippen molar-refractivity contribution in [2.45, 2.75) is 24.7 Å². The zero-order valence-electron chi connectivity index (χ0n) is 17.7. The number of amides is 1. The van der Waals surface area contributed by atoms with Crippen molar-refractivity contribution < 1.29 is 29.3 Å². The second-order valence-corrected chi connectivity index (χ2v) is 8.21. The van der Waals surface area contributed by atoms with E-state index in [1.54, 1.807) is 12.1 Å². The summed E-state index contributed by atoms with van der Waals surface area (Å²) in [5, 5.41) is 23.3. The maximum atomic E-state index is 12.3. The van der Waals surface area contributed by atoms with E-state index >= 15 is 0 Å². The molecule has 3 aromatic rings. The Bertz CT molecular complexity index is 1180. The summed E-state index contributed by atoms with van der Waals surface area (Å²) in [5.74, 6) is -0.518. The minimum absolute atomic E-state index is 0.0650. The average molecular weight is 445 g/mol. The molecule has 3 N–H and O–H groups in total. The summed E-state index contributed by atoms with van der Waals surface area (Å²) < 4.78 is 10.4. The first-order valence-corrected chi connectivity index (χ1v) is 10.8. The number of carbonyl (C=O) groups excluding carboxylic acids is 2. The third kappa shape index (κ3) is 3.97. The van der Waals surface area contributed by atoms with Crippen LogP contribution in [0, 0.1) is 0 Å². The van der Waals surface area contributed by atoms with Crippen LogP contribution in [0.15, 0.2) is 66.7 Å². The first kappa shape index (κ1) is 21.2. The largest absolute Gasteiger partial charge is 0.457 e. The Kier molecular flexibility index (Phi) is 5.58. The summed E-state index contributed by atoms with van der Waals surface area (Å²) in [5.41, 5.74) is 5.98. The molecule has 0 bridgehead atoms. The Morgan fingerprint density at radius 1 is 1.00 bits per heavy atom. The molecule has 2 unspecified atom stereocenters. The normalized spacial score (nSPS) is 15.8. The van der Waals surface area contributed by atoms with E-state index in [9.17, 15) is 19.8 Å². The number of hydrogen-bond donors (Lipinski definition) is 3. The van der Waals surface area contributed by atoms with Crippen LogP contribution in [-0.4, -0.2) is 41.5 Å². The Hall–Kier alpha value is -3.68. The second kappa shape index (κ2) is 8.69. The molecular formula is C26H23NO6. The van der Waals surface area contributed by atoms with E-state index in [4.69, 9.17) is 9.47 Å². The van der Waals surface area contributed by atoms with Crippen molar-refractivity contribution in [1.82, 2.24) is 5.32 Å². The van der Waals surface area contributed by atoms with Crippen LogP contribution < -0.4 is 5.32 Å². The molecule has 0 saturated heterocycles. The monoisotopic (exact) mass is 445 g/mol. The third-order valence-electron chi connectivity index (χ3n) is 6.22. The molecule has 3 aromatic carbocycles. The number of ether oxygens (including phenoxy) is 2. The molecule has 1 heterocycles. The van der Waals surface area contributed by atoms with E-state index in [1.807, 2.05) is 36.4 Å². The maximum absolute atomic E-state index is 12.3. The van der Waals surface area contributed by atoms with Gasteiger partial charge in [0.1, 0.15) is 25.4 Å². The third-order valence-corrected chi connectivity index (χ3v) is 6.22. The molecule has 5 rings (SSSR count). The lowest BCUT2D eigenvalue weighted by molar-refractivity contribution is 0.0185. The van der Waals surface area contributed by atoms with Gasteiger partial charge in [-0.25, -0.2) is 9.59 Å². The number of carbonyl (C=O) groups is 2. The fraction of sp³-hybridized carbons (Fsp3) is 0.231. The summed E-state index contributed by atoms with van der Waals surface area (Å²) in [4.78, 5) is 24.0. The van der Waals surface area contributed by atoms with Crippen molar-refractivity contribution in [3.05, 3.63) is 94.5 Å². The summed E-state index contributed by atoms with van der Waals surface area (Å²) in [6.07, 6.45) is -3.24. The van der Waals surface area contributed by atoms with Gasteiger partial charge in [0.2, 0.25) is 0 Å². The lowest BCUT2D eigenvalue weighted by Gasteiger charge is -2.19. The fourth-order valence-corrected chi connectivity index (χ4v) is 4.49. The highest BCUT2D eigenvalue weighted by Gasteiger charge is 2.29. The highest BCUT2D eigenvalue weighted by molar-refractivity contribution is 5.93. The summed E-state index contributed by atoms with van der Waals surface area (Å²) >= 11 is 0. The van der Waals surface area contributed by atoms with Crippen molar-refractivity contribution in [2.24, 2.45) is 0 Å². The van der Waals surface area contributed by atoms with Crippen LogP contribution in [0.3, 0.4) is 0 Å². The first-order valence-electron chi connectivity index (χ1n) is 10.8. The number of esters is 1. The molecule has 0 aromatic heterocycles. The van der Waals surface area contributed by atoms with Crippen LogP contribution >= 0.6 is 0 Å². The van der Waals surface area contributed by atoms with Gasteiger partial charge in [-0.2, -0.15) is 0 Å². The van der Waals surface area contributed by atoms with Crippen LogP contribution in [0.2, 0.25) is 0 Å². The Morgan fingerprint density at radius 3 is 2.36 bits per heavy atom. The van der Waals surface area contributed by atoms with Gasteiger partial charge in [0.15, 0.2) is 0 Å². The number of cyclic esters (lactones) is 1. The molecule has 1 amide bonds. The van der Waals surface area contributed by atoms with Crippen molar-refractivity contribution in [3.63, 3.8) is 0 Å². The van der Waals surface area contributed by atoms with E-state index in [2.05, 4.69) is 17.4 Å². The van der Waals surface area contributed by atoms with Gasteiger partial charge in [0.05, 0.1) is 5.56 Å². The summed E-state index contributed by atoms with van der Waals surface area (Å²) in [7, 11) is 0. The fourth-order valence-electron chi connectivity index (χ4n) is 4.49. The number of nitrogens with one attached hydrogen (secondary N) is 1. The average Bonchev–Trinajstić information content (AvgIpc) is 3.38. The SMILES string of the molecule is O=C(NCC(O)C(O)c1ccc2c(c1)C(=O)OC2)OCC1c2ccccc2-c2ccccc21. The van der Waals surface area contributed by atoms with E-state index in [0.717, 1.165) is 27.8 Å². The van der Waals surface area contributed by atoms with Gasteiger partial charge < -0.3 is 25.0 Å². The Labute approximate surface area is 190 Å². The van der Waals surface area contributed by atoms with Crippen molar-refractivity contribution >= 4 is 12.1 Å². The minimum atomic E-state index is -1.28.